The molecule has 1 saturated heterocycles. The summed E-state index contributed by atoms with van der Waals surface area (Å²) >= 11 is 0. The van der Waals surface area contributed by atoms with E-state index in [-0.39, 0.29) is 18.1 Å². The highest BCUT2D eigenvalue weighted by Gasteiger charge is 2.40. The summed E-state index contributed by atoms with van der Waals surface area (Å²) in [6, 6.07) is 7.11. The average molecular weight is 406 g/mol. The smallest absolute Gasteiger partial charge is 0.343 e. The van der Waals surface area contributed by atoms with Crippen LogP contribution in [0.3, 0.4) is 0 Å². The second-order valence-corrected chi connectivity index (χ2v) is 6.85. The molecule has 1 fully saturated rings. The van der Waals surface area contributed by atoms with E-state index in [2.05, 4.69) is 4.98 Å². The number of pyridine rings is 1. The predicted octanol–water partition coefficient (Wildman–Crippen LogP) is 4.05. The number of rotatable bonds is 3. The Balaban J connectivity index is 2.00. The number of nitriles is 1. The molecule has 0 saturated carbocycles. The maximum atomic E-state index is 13.5. The average Bonchev–Trinajstić information content (AvgIpc) is 3.15. The molecule has 5 nitrogen and oxygen atoms in total. The molecule has 9 heteroatoms. The summed E-state index contributed by atoms with van der Waals surface area (Å²) in [5.41, 5.74) is -1.24. The lowest BCUT2D eigenvalue weighted by atomic mass is 10.1. The molecule has 0 bridgehead atoms. The summed E-state index contributed by atoms with van der Waals surface area (Å²) in [5.74, 6) is -1.07. The molecule has 152 valence electrons. The van der Waals surface area contributed by atoms with Gasteiger partial charge in [0, 0.05) is 25.0 Å². The first kappa shape index (κ1) is 20.6. The van der Waals surface area contributed by atoms with Crippen LogP contribution in [0, 0.1) is 24.1 Å². The Bertz CT molecular complexity index is 983. The molecule has 1 aromatic carbocycles. The number of likely N-dealkylation sites (N-methyl/N-ethyl adjacent to an activating group) is 1. The van der Waals surface area contributed by atoms with Gasteiger partial charge in [-0.15, -0.1) is 0 Å². The van der Waals surface area contributed by atoms with Crippen molar-refractivity contribution in [3.8, 4) is 6.07 Å². The van der Waals surface area contributed by atoms with E-state index in [1.165, 1.54) is 42.0 Å². The van der Waals surface area contributed by atoms with Crippen LogP contribution in [0.5, 0.6) is 0 Å². The molecule has 0 aliphatic carbocycles. The lowest BCUT2D eigenvalue weighted by molar-refractivity contribution is -0.137. The maximum absolute atomic E-state index is 13.5. The highest BCUT2D eigenvalue weighted by molar-refractivity contribution is 5.99. The van der Waals surface area contributed by atoms with Gasteiger partial charge in [-0.2, -0.15) is 18.4 Å². The summed E-state index contributed by atoms with van der Waals surface area (Å²) in [6.45, 7) is 1.70. The number of aromatic nitrogens is 1. The topological polar surface area (TPSA) is 60.2 Å². The molecular formula is C20H18F4N4O. The normalized spacial score (nSPS) is 16.6. The second-order valence-electron chi connectivity index (χ2n) is 6.85. The molecular weight excluding hydrogens is 388 g/mol. The van der Waals surface area contributed by atoms with Crippen molar-refractivity contribution >= 4 is 17.4 Å². The standard InChI is InChI=1S/C20H18F4N4O/c1-12-9-16(20(22,23)24)15(11-25)18(26-12)28-8-4-7-17(28)19(29)27(2)14-6-3-5-13(21)10-14/h3,5-6,9-10,17H,4,7-8H2,1-2H3. The molecule has 1 aliphatic heterocycles. The van der Waals surface area contributed by atoms with Crippen molar-refractivity contribution in [1.82, 2.24) is 4.98 Å². The highest BCUT2D eigenvalue weighted by atomic mass is 19.4. The lowest BCUT2D eigenvalue weighted by Crippen LogP contribution is -2.45. The monoisotopic (exact) mass is 406 g/mol. The number of carbonyl (C=O) groups is 1. The first-order valence-corrected chi connectivity index (χ1v) is 8.92. The molecule has 3 rings (SSSR count). The number of aryl methyl sites for hydroxylation is 1. The fourth-order valence-corrected chi connectivity index (χ4v) is 3.51. The second kappa shape index (κ2) is 7.70. The van der Waals surface area contributed by atoms with Crippen LogP contribution in [0.1, 0.15) is 29.7 Å². The fraction of sp³-hybridized carbons (Fsp3) is 0.350. The first-order chi connectivity index (χ1) is 13.6. The Morgan fingerprint density at radius 2 is 2.07 bits per heavy atom. The van der Waals surface area contributed by atoms with Gasteiger partial charge < -0.3 is 9.80 Å². The third-order valence-corrected chi connectivity index (χ3v) is 4.88. The van der Waals surface area contributed by atoms with Gasteiger partial charge in [0.15, 0.2) is 0 Å². The van der Waals surface area contributed by atoms with Crippen LogP contribution in [0.25, 0.3) is 0 Å². The number of nitrogens with zero attached hydrogens (tertiary/aromatic N) is 4. The van der Waals surface area contributed by atoms with Gasteiger partial charge >= 0.3 is 6.18 Å². The Morgan fingerprint density at radius 1 is 1.34 bits per heavy atom. The summed E-state index contributed by atoms with van der Waals surface area (Å²) < 4.78 is 53.8. The van der Waals surface area contributed by atoms with Crippen LogP contribution in [0.4, 0.5) is 29.1 Å². The Hall–Kier alpha value is -3.15. The fourth-order valence-electron chi connectivity index (χ4n) is 3.51. The van der Waals surface area contributed by atoms with Crippen molar-refractivity contribution in [2.75, 3.05) is 23.4 Å². The highest BCUT2D eigenvalue weighted by Crippen LogP contribution is 2.38. The van der Waals surface area contributed by atoms with Crippen molar-refractivity contribution in [3.63, 3.8) is 0 Å². The van der Waals surface area contributed by atoms with Crippen molar-refractivity contribution in [1.29, 1.82) is 5.26 Å². The first-order valence-electron chi connectivity index (χ1n) is 8.92. The summed E-state index contributed by atoms with van der Waals surface area (Å²) in [4.78, 5) is 19.9. The maximum Gasteiger partial charge on any atom is 0.417 e. The number of carbonyl (C=O) groups excluding carboxylic acids is 1. The third kappa shape index (κ3) is 4.01. The van der Waals surface area contributed by atoms with Gasteiger partial charge in [0.05, 0.1) is 5.56 Å². The van der Waals surface area contributed by atoms with Gasteiger partial charge in [-0.25, -0.2) is 9.37 Å². The van der Waals surface area contributed by atoms with E-state index in [0.717, 1.165) is 6.07 Å². The number of alkyl halides is 3. The van der Waals surface area contributed by atoms with Crippen LogP contribution < -0.4 is 9.80 Å². The van der Waals surface area contributed by atoms with E-state index in [1.807, 2.05) is 0 Å². The van der Waals surface area contributed by atoms with E-state index in [4.69, 9.17) is 0 Å². The number of anilines is 2. The summed E-state index contributed by atoms with van der Waals surface area (Å²) in [6.07, 6.45) is -3.78. The van der Waals surface area contributed by atoms with Gasteiger partial charge in [-0.05, 0) is 44.0 Å². The Morgan fingerprint density at radius 3 is 2.69 bits per heavy atom. The zero-order valence-corrected chi connectivity index (χ0v) is 15.8. The van der Waals surface area contributed by atoms with Crippen LogP contribution in [-0.4, -0.2) is 30.5 Å². The third-order valence-electron chi connectivity index (χ3n) is 4.88. The minimum absolute atomic E-state index is 0.0999. The molecule has 1 unspecified atom stereocenters. The molecule has 0 spiro atoms. The molecule has 0 radical (unpaired) electrons. The van der Waals surface area contributed by atoms with E-state index in [9.17, 15) is 27.6 Å². The minimum atomic E-state index is -4.72. The van der Waals surface area contributed by atoms with Crippen molar-refractivity contribution in [2.45, 2.75) is 32.0 Å². The zero-order valence-electron chi connectivity index (χ0n) is 15.8. The molecule has 2 heterocycles. The van der Waals surface area contributed by atoms with E-state index in [1.54, 1.807) is 12.1 Å². The Labute approximate surface area is 165 Å². The van der Waals surface area contributed by atoms with E-state index in [0.29, 0.717) is 18.5 Å². The van der Waals surface area contributed by atoms with Gasteiger partial charge in [-0.1, -0.05) is 6.07 Å². The molecule has 1 aliphatic rings. The largest absolute Gasteiger partial charge is 0.417 e. The summed E-state index contributed by atoms with van der Waals surface area (Å²) in [7, 11) is 1.48. The summed E-state index contributed by atoms with van der Waals surface area (Å²) in [5, 5.41) is 9.40. The molecule has 0 N–H and O–H groups in total. The lowest BCUT2D eigenvalue weighted by Gasteiger charge is -2.30. The van der Waals surface area contributed by atoms with Crippen LogP contribution in [0.2, 0.25) is 0 Å². The van der Waals surface area contributed by atoms with E-state index >= 15 is 0 Å². The Kier molecular flexibility index (Phi) is 5.46. The molecule has 1 aromatic heterocycles. The molecule has 1 amide bonds. The van der Waals surface area contributed by atoms with Gasteiger partial charge in [-0.3, -0.25) is 4.79 Å². The van der Waals surface area contributed by atoms with Gasteiger partial charge in [0.25, 0.3) is 0 Å². The number of hydrogen-bond acceptors (Lipinski definition) is 4. The molecule has 2 aromatic rings. The molecule has 1 atom stereocenters. The predicted molar refractivity (Wildman–Crippen MR) is 98.9 cm³/mol. The SMILES string of the molecule is Cc1cc(C(F)(F)F)c(C#N)c(N2CCCC2C(=O)N(C)c2cccc(F)c2)n1. The van der Waals surface area contributed by atoms with Crippen LogP contribution >= 0.6 is 0 Å². The molecule has 29 heavy (non-hydrogen) atoms. The van der Waals surface area contributed by atoms with Gasteiger partial charge in [0.2, 0.25) is 5.91 Å². The minimum Gasteiger partial charge on any atom is -0.343 e. The van der Waals surface area contributed by atoms with Gasteiger partial charge in [0.1, 0.15) is 29.3 Å². The van der Waals surface area contributed by atoms with Crippen LogP contribution in [0.15, 0.2) is 30.3 Å². The van der Waals surface area contributed by atoms with Crippen molar-refractivity contribution < 1.29 is 22.4 Å². The quantitative estimate of drug-likeness (QED) is 0.722. The number of halogens is 4. The van der Waals surface area contributed by atoms with E-state index < -0.39 is 35.1 Å². The van der Waals surface area contributed by atoms with Crippen molar-refractivity contribution in [2.24, 2.45) is 0 Å². The zero-order chi connectivity index (χ0) is 21.3. The van der Waals surface area contributed by atoms with Crippen molar-refractivity contribution in [3.05, 3.63) is 53.0 Å². The number of amides is 1. The van der Waals surface area contributed by atoms with Crippen LogP contribution in [-0.2, 0) is 11.0 Å². The number of benzene rings is 1. The number of hydrogen-bond donors (Lipinski definition) is 0.